The molecule has 0 saturated carbocycles. The molecule has 12 heavy (non-hydrogen) atoms. The maximum absolute atomic E-state index is 11.4. The maximum Gasteiger partial charge on any atom is 0.0663 e. The lowest BCUT2D eigenvalue weighted by atomic mass is 10.2. The van der Waals surface area contributed by atoms with Crippen LogP contribution >= 0.6 is 0 Å². The summed E-state index contributed by atoms with van der Waals surface area (Å²) in [7, 11) is -2.52. The van der Waals surface area contributed by atoms with E-state index in [1.54, 1.807) is 0 Å². The van der Waals surface area contributed by atoms with Gasteiger partial charge < -0.3 is 0 Å². The second-order valence-electron chi connectivity index (χ2n) is 2.94. The quantitative estimate of drug-likeness (QED) is 0.666. The maximum atomic E-state index is 11.4. The lowest BCUT2D eigenvalue weighted by Crippen LogP contribution is -1.99. The van der Waals surface area contributed by atoms with Crippen molar-refractivity contribution in [3.05, 3.63) is 34.8 Å². The van der Waals surface area contributed by atoms with Gasteiger partial charge in [0.15, 0.2) is 0 Å². The second kappa shape index (κ2) is 3.27. The molecule has 0 radical (unpaired) electrons. The SMILES string of the molecule is CC1=C(S(C)(=N)=O)CC=CC=C1. The molecule has 0 spiro atoms. The molecule has 0 amide bonds. The Morgan fingerprint density at radius 2 is 2.17 bits per heavy atom. The molecule has 0 aromatic carbocycles. The number of hydrogen-bond donors (Lipinski definition) is 1. The average Bonchev–Trinajstić information content (AvgIpc) is 2.11. The van der Waals surface area contributed by atoms with Crippen molar-refractivity contribution in [2.45, 2.75) is 13.3 Å². The summed E-state index contributed by atoms with van der Waals surface area (Å²) in [5, 5.41) is 0. The molecule has 0 saturated heterocycles. The minimum absolute atomic E-state index is 0.637. The van der Waals surface area contributed by atoms with Crippen LogP contribution in [0.4, 0.5) is 0 Å². The highest BCUT2D eigenvalue weighted by atomic mass is 32.2. The van der Waals surface area contributed by atoms with E-state index in [-0.39, 0.29) is 0 Å². The van der Waals surface area contributed by atoms with Crippen LogP contribution < -0.4 is 0 Å². The molecule has 1 aliphatic carbocycles. The summed E-state index contributed by atoms with van der Waals surface area (Å²) in [5.41, 5.74) is 0.961. The third-order valence-corrected chi connectivity index (χ3v) is 3.24. The van der Waals surface area contributed by atoms with Crippen molar-refractivity contribution >= 4 is 9.73 Å². The Morgan fingerprint density at radius 1 is 1.50 bits per heavy atom. The molecule has 1 N–H and O–H groups in total. The fourth-order valence-corrected chi connectivity index (χ4v) is 2.27. The summed E-state index contributed by atoms with van der Waals surface area (Å²) in [6.07, 6.45) is 9.77. The molecule has 66 valence electrons. The van der Waals surface area contributed by atoms with Crippen LogP contribution in [0.5, 0.6) is 0 Å². The highest BCUT2D eigenvalue weighted by Gasteiger charge is 2.09. The summed E-state index contributed by atoms with van der Waals surface area (Å²) >= 11 is 0. The van der Waals surface area contributed by atoms with Crippen molar-refractivity contribution in [2.75, 3.05) is 6.26 Å². The number of allylic oxidation sites excluding steroid dienone is 6. The highest BCUT2D eigenvalue weighted by molar-refractivity contribution is 7.95. The molecule has 0 fully saturated rings. The average molecular weight is 183 g/mol. The van der Waals surface area contributed by atoms with Gasteiger partial charge in [0.1, 0.15) is 0 Å². The van der Waals surface area contributed by atoms with E-state index in [0.717, 1.165) is 10.5 Å². The van der Waals surface area contributed by atoms with Crippen LogP contribution in [0.15, 0.2) is 34.8 Å². The van der Waals surface area contributed by atoms with E-state index in [4.69, 9.17) is 4.78 Å². The van der Waals surface area contributed by atoms with E-state index in [0.29, 0.717) is 6.42 Å². The largest absolute Gasteiger partial charge is 0.249 e. The van der Waals surface area contributed by atoms with Crippen LogP contribution in [0.25, 0.3) is 0 Å². The van der Waals surface area contributed by atoms with Crippen LogP contribution in [0, 0.1) is 4.78 Å². The van der Waals surface area contributed by atoms with E-state index >= 15 is 0 Å². The third kappa shape index (κ3) is 2.08. The third-order valence-electron chi connectivity index (χ3n) is 1.81. The first-order valence-electron chi connectivity index (χ1n) is 3.78. The molecule has 2 nitrogen and oxygen atoms in total. The van der Waals surface area contributed by atoms with Crippen LogP contribution in [-0.2, 0) is 9.73 Å². The van der Waals surface area contributed by atoms with E-state index in [9.17, 15) is 4.21 Å². The lowest BCUT2D eigenvalue weighted by molar-refractivity contribution is 0.682. The molecular formula is C9H13NOS. The van der Waals surface area contributed by atoms with Crippen molar-refractivity contribution in [1.29, 1.82) is 4.78 Å². The Balaban J connectivity index is 3.19. The molecule has 1 unspecified atom stereocenters. The monoisotopic (exact) mass is 183 g/mol. The van der Waals surface area contributed by atoms with Gasteiger partial charge in [-0.1, -0.05) is 24.3 Å². The predicted octanol–water partition coefficient (Wildman–Crippen LogP) is 2.45. The first-order valence-corrected chi connectivity index (χ1v) is 5.75. The standard InChI is InChI=1S/C9H13NOS/c1-8-6-4-3-5-7-9(8)12(2,10)11/h3-6,10H,7H2,1-2H3. The smallest absolute Gasteiger partial charge is 0.0663 e. The zero-order chi connectivity index (χ0) is 9.19. The van der Waals surface area contributed by atoms with Gasteiger partial charge in [0.25, 0.3) is 0 Å². The van der Waals surface area contributed by atoms with E-state index in [1.807, 2.05) is 31.2 Å². The highest BCUT2D eigenvalue weighted by Crippen LogP contribution is 2.19. The Hall–Kier alpha value is -0.830. The second-order valence-corrected chi connectivity index (χ2v) is 5.12. The number of nitrogens with one attached hydrogen (secondary N) is 1. The topological polar surface area (TPSA) is 40.9 Å². The normalized spacial score (nSPS) is 22.2. The summed E-state index contributed by atoms with van der Waals surface area (Å²) in [5.74, 6) is 0. The summed E-state index contributed by atoms with van der Waals surface area (Å²) < 4.78 is 18.9. The molecule has 3 heteroatoms. The first kappa shape index (κ1) is 9.26. The number of hydrogen-bond acceptors (Lipinski definition) is 2. The van der Waals surface area contributed by atoms with Gasteiger partial charge in [0.2, 0.25) is 0 Å². The lowest BCUT2D eigenvalue weighted by Gasteiger charge is -2.06. The van der Waals surface area contributed by atoms with Gasteiger partial charge in [-0.05, 0) is 12.5 Å². The Kier molecular flexibility index (Phi) is 2.52. The first-order chi connectivity index (χ1) is 5.52. The van der Waals surface area contributed by atoms with Gasteiger partial charge >= 0.3 is 0 Å². The molecule has 0 aromatic rings. The molecule has 0 bridgehead atoms. The van der Waals surface area contributed by atoms with E-state index in [2.05, 4.69) is 0 Å². The van der Waals surface area contributed by atoms with Crippen molar-refractivity contribution in [3.8, 4) is 0 Å². The molecule has 1 atom stereocenters. The molecule has 0 aromatic heterocycles. The van der Waals surface area contributed by atoms with Crippen molar-refractivity contribution in [2.24, 2.45) is 0 Å². The predicted molar refractivity (Wildman–Crippen MR) is 52.4 cm³/mol. The van der Waals surface area contributed by atoms with Gasteiger partial charge in [0, 0.05) is 17.6 Å². The summed E-state index contributed by atoms with van der Waals surface area (Å²) in [6.45, 7) is 1.90. The molecule has 1 rings (SSSR count). The zero-order valence-electron chi connectivity index (χ0n) is 7.33. The Bertz CT molecular complexity index is 358. The van der Waals surface area contributed by atoms with Gasteiger partial charge in [-0.25, -0.2) is 8.99 Å². The van der Waals surface area contributed by atoms with E-state index in [1.165, 1.54) is 6.26 Å². The van der Waals surface area contributed by atoms with Gasteiger partial charge in [-0.15, -0.1) is 0 Å². The van der Waals surface area contributed by atoms with Crippen molar-refractivity contribution in [1.82, 2.24) is 0 Å². The summed E-state index contributed by atoms with van der Waals surface area (Å²) in [6, 6.07) is 0. The number of rotatable bonds is 1. The summed E-state index contributed by atoms with van der Waals surface area (Å²) in [4.78, 5) is 0.743. The van der Waals surface area contributed by atoms with E-state index < -0.39 is 9.73 Å². The fraction of sp³-hybridized carbons (Fsp3) is 0.333. The molecular weight excluding hydrogens is 170 g/mol. The molecule has 0 heterocycles. The fourth-order valence-electron chi connectivity index (χ4n) is 1.17. The van der Waals surface area contributed by atoms with Crippen LogP contribution in [0.1, 0.15) is 13.3 Å². The van der Waals surface area contributed by atoms with Crippen molar-refractivity contribution in [3.63, 3.8) is 0 Å². The van der Waals surface area contributed by atoms with Gasteiger partial charge in [0.05, 0.1) is 9.73 Å². The minimum atomic E-state index is -2.52. The molecule has 1 aliphatic rings. The van der Waals surface area contributed by atoms with Gasteiger partial charge in [-0.2, -0.15) is 0 Å². The van der Waals surface area contributed by atoms with Crippen molar-refractivity contribution < 1.29 is 4.21 Å². The van der Waals surface area contributed by atoms with Crippen LogP contribution in [0.2, 0.25) is 0 Å². The van der Waals surface area contributed by atoms with Crippen LogP contribution in [0.3, 0.4) is 0 Å². The zero-order valence-corrected chi connectivity index (χ0v) is 8.15. The van der Waals surface area contributed by atoms with Crippen LogP contribution in [-0.4, -0.2) is 10.5 Å². The Morgan fingerprint density at radius 3 is 2.75 bits per heavy atom. The Labute approximate surface area is 73.7 Å². The molecule has 0 aliphatic heterocycles. The minimum Gasteiger partial charge on any atom is -0.249 e. The van der Waals surface area contributed by atoms with Gasteiger partial charge in [-0.3, -0.25) is 0 Å².